The molecule has 1 aliphatic heterocycles. The zero-order valence-electron chi connectivity index (χ0n) is 14.0. The molecule has 1 aromatic heterocycles. The number of nitrogens with one attached hydrogen (secondary N) is 1. The number of unbranched alkanes of at least 4 members (excludes halogenated alkanes) is 1. The molecule has 1 aromatic rings. The number of hydrogen-bond acceptors (Lipinski definition) is 5. The molecule has 2 rings (SSSR count). The summed E-state index contributed by atoms with van der Waals surface area (Å²) in [6, 6.07) is 0.621. The average Bonchev–Trinajstić information content (AvgIpc) is 3.06. The van der Waals surface area contributed by atoms with Gasteiger partial charge in [-0.15, -0.1) is 0 Å². The van der Waals surface area contributed by atoms with E-state index in [1.54, 1.807) is 0 Å². The molecule has 21 heavy (non-hydrogen) atoms. The van der Waals surface area contributed by atoms with Crippen LogP contribution in [0.5, 0.6) is 0 Å². The van der Waals surface area contributed by atoms with E-state index in [-0.39, 0.29) is 5.41 Å². The van der Waals surface area contributed by atoms with Gasteiger partial charge < -0.3 is 9.84 Å². The summed E-state index contributed by atoms with van der Waals surface area (Å²) >= 11 is 0. The van der Waals surface area contributed by atoms with Crippen LogP contribution in [0.25, 0.3) is 0 Å². The van der Waals surface area contributed by atoms with Crippen molar-refractivity contribution in [1.29, 1.82) is 0 Å². The van der Waals surface area contributed by atoms with E-state index < -0.39 is 0 Å². The monoisotopic (exact) mass is 294 g/mol. The number of rotatable bonds is 7. The molecule has 0 amide bonds. The largest absolute Gasteiger partial charge is 0.339 e. The van der Waals surface area contributed by atoms with E-state index in [1.807, 2.05) is 0 Å². The summed E-state index contributed by atoms with van der Waals surface area (Å²) in [6.07, 6.45) is 5.01. The molecule has 120 valence electrons. The van der Waals surface area contributed by atoms with E-state index in [4.69, 9.17) is 4.52 Å². The third-order valence-electron chi connectivity index (χ3n) is 3.94. The SMILES string of the molecule is CCCCN(Cc1noc(C(C)(C)C)n1)CC1CCCN1. The fourth-order valence-corrected chi connectivity index (χ4v) is 2.66. The summed E-state index contributed by atoms with van der Waals surface area (Å²) < 4.78 is 5.40. The van der Waals surface area contributed by atoms with Crippen LogP contribution in [0, 0.1) is 0 Å². The Morgan fingerprint density at radius 2 is 2.19 bits per heavy atom. The van der Waals surface area contributed by atoms with Crippen LogP contribution in [-0.2, 0) is 12.0 Å². The Labute approximate surface area is 128 Å². The minimum Gasteiger partial charge on any atom is -0.339 e. The van der Waals surface area contributed by atoms with E-state index >= 15 is 0 Å². The van der Waals surface area contributed by atoms with Crippen molar-refractivity contribution in [2.75, 3.05) is 19.6 Å². The Morgan fingerprint density at radius 1 is 1.38 bits per heavy atom. The molecule has 5 heteroatoms. The number of aromatic nitrogens is 2. The summed E-state index contributed by atoms with van der Waals surface area (Å²) in [4.78, 5) is 7.03. The molecular formula is C16H30N4O. The first-order chi connectivity index (χ1) is 9.99. The topological polar surface area (TPSA) is 54.2 Å². The Kier molecular flexibility index (Phi) is 5.76. The van der Waals surface area contributed by atoms with E-state index in [0.717, 1.165) is 37.9 Å². The molecule has 1 aliphatic rings. The van der Waals surface area contributed by atoms with Crippen LogP contribution in [-0.4, -0.2) is 40.7 Å². The predicted molar refractivity (Wildman–Crippen MR) is 84.2 cm³/mol. The molecular weight excluding hydrogens is 264 g/mol. The molecule has 0 bridgehead atoms. The molecule has 0 aromatic carbocycles. The van der Waals surface area contributed by atoms with Crippen LogP contribution >= 0.6 is 0 Å². The van der Waals surface area contributed by atoms with Gasteiger partial charge in [0.1, 0.15) is 0 Å². The van der Waals surface area contributed by atoms with Crippen molar-refractivity contribution in [3.63, 3.8) is 0 Å². The third-order valence-corrected chi connectivity index (χ3v) is 3.94. The van der Waals surface area contributed by atoms with Crippen LogP contribution in [0.15, 0.2) is 4.52 Å². The van der Waals surface area contributed by atoms with Crippen LogP contribution in [0.2, 0.25) is 0 Å². The molecule has 1 fully saturated rings. The lowest BCUT2D eigenvalue weighted by atomic mass is 9.97. The van der Waals surface area contributed by atoms with Crippen molar-refractivity contribution in [3.05, 3.63) is 11.7 Å². The molecule has 1 saturated heterocycles. The summed E-state index contributed by atoms with van der Waals surface area (Å²) in [7, 11) is 0. The molecule has 1 N–H and O–H groups in total. The van der Waals surface area contributed by atoms with Crippen LogP contribution in [0.1, 0.15) is 65.1 Å². The Balaban J connectivity index is 1.94. The Hall–Kier alpha value is -0.940. The second kappa shape index (κ2) is 7.36. The number of nitrogens with zero attached hydrogens (tertiary/aromatic N) is 3. The summed E-state index contributed by atoms with van der Waals surface area (Å²) in [5, 5.41) is 7.73. The van der Waals surface area contributed by atoms with Gasteiger partial charge in [-0.05, 0) is 32.4 Å². The predicted octanol–water partition coefficient (Wildman–Crippen LogP) is 2.72. The van der Waals surface area contributed by atoms with E-state index in [1.165, 1.54) is 25.7 Å². The van der Waals surface area contributed by atoms with Crippen molar-refractivity contribution in [3.8, 4) is 0 Å². The van der Waals surface area contributed by atoms with Gasteiger partial charge in [-0.25, -0.2) is 0 Å². The molecule has 0 saturated carbocycles. The molecule has 1 atom stereocenters. The molecule has 5 nitrogen and oxygen atoms in total. The highest BCUT2D eigenvalue weighted by atomic mass is 16.5. The van der Waals surface area contributed by atoms with E-state index in [9.17, 15) is 0 Å². The highest BCUT2D eigenvalue weighted by molar-refractivity contribution is 4.98. The Morgan fingerprint density at radius 3 is 2.76 bits per heavy atom. The first kappa shape index (κ1) is 16.4. The highest BCUT2D eigenvalue weighted by Crippen LogP contribution is 2.20. The van der Waals surface area contributed by atoms with Gasteiger partial charge >= 0.3 is 0 Å². The van der Waals surface area contributed by atoms with Gasteiger partial charge in [0.2, 0.25) is 5.89 Å². The zero-order valence-corrected chi connectivity index (χ0v) is 14.0. The van der Waals surface area contributed by atoms with Gasteiger partial charge in [-0.2, -0.15) is 4.98 Å². The van der Waals surface area contributed by atoms with Gasteiger partial charge in [0.05, 0.1) is 6.54 Å². The molecule has 0 aliphatic carbocycles. The highest BCUT2D eigenvalue weighted by Gasteiger charge is 2.23. The quantitative estimate of drug-likeness (QED) is 0.838. The maximum absolute atomic E-state index is 5.40. The van der Waals surface area contributed by atoms with E-state index in [2.05, 4.69) is 48.1 Å². The van der Waals surface area contributed by atoms with Gasteiger partial charge in [-0.1, -0.05) is 39.3 Å². The lowest BCUT2D eigenvalue weighted by Gasteiger charge is -2.24. The maximum Gasteiger partial charge on any atom is 0.232 e. The normalized spacial score (nSPS) is 19.6. The van der Waals surface area contributed by atoms with Crippen LogP contribution in [0.4, 0.5) is 0 Å². The summed E-state index contributed by atoms with van der Waals surface area (Å²) in [5.41, 5.74) is -0.0769. The second-order valence-electron chi connectivity index (χ2n) is 7.15. The maximum atomic E-state index is 5.40. The van der Waals surface area contributed by atoms with Crippen molar-refractivity contribution < 1.29 is 4.52 Å². The van der Waals surface area contributed by atoms with Crippen LogP contribution < -0.4 is 5.32 Å². The summed E-state index contributed by atoms with van der Waals surface area (Å²) in [6.45, 7) is 12.7. The van der Waals surface area contributed by atoms with Gasteiger partial charge in [0, 0.05) is 18.0 Å². The third kappa shape index (κ3) is 5.08. The zero-order chi connectivity index (χ0) is 15.3. The fourth-order valence-electron chi connectivity index (χ4n) is 2.66. The first-order valence-electron chi connectivity index (χ1n) is 8.28. The van der Waals surface area contributed by atoms with Crippen molar-refractivity contribution in [2.24, 2.45) is 0 Å². The summed E-state index contributed by atoms with van der Waals surface area (Å²) in [5.74, 6) is 1.54. The standard InChI is InChI=1S/C16H30N4O/c1-5-6-10-20(11-13-8-7-9-17-13)12-14-18-15(21-19-14)16(2,3)4/h13,17H,5-12H2,1-4H3. The number of hydrogen-bond donors (Lipinski definition) is 1. The fraction of sp³-hybridized carbons (Fsp3) is 0.875. The van der Waals surface area contributed by atoms with Gasteiger partial charge in [-0.3, -0.25) is 4.90 Å². The molecule has 1 unspecified atom stereocenters. The van der Waals surface area contributed by atoms with Crippen molar-refractivity contribution in [1.82, 2.24) is 20.4 Å². The van der Waals surface area contributed by atoms with Crippen molar-refractivity contribution >= 4 is 0 Å². The molecule has 0 radical (unpaired) electrons. The molecule has 0 spiro atoms. The minimum absolute atomic E-state index is 0.0769. The van der Waals surface area contributed by atoms with Crippen LogP contribution in [0.3, 0.4) is 0 Å². The second-order valence-corrected chi connectivity index (χ2v) is 7.15. The van der Waals surface area contributed by atoms with Gasteiger partial charge in [0.25, 0.3) is 0 Å². The molecule has 2 heterocycles. The minimum atomic E-state index is -0.0769. The lowest BCUT2D eigenvalue weighted by molar-refractivity contribution is 0.228. The van der Waals surface area contributed by atoms with Gasteiger partial charge in [0.15, 0.2) is 5.82 Å². The average molecular weight is 294 g/mol. The van der Waals surface area contributed by atoms with Crippen molar-refractivity contribution in [2.45, 2.75) is 71.4 Å². The van der Waals surface area contributed by atoms with E-state index in [0.29, 0.717) is 6.04 Å². The first-order valence-corrected chi connectivity index (χ1v) is 8.28. The lowest BCUT2D eigenvalue weighted by Crippen LogP contribution is -2.38. The Bertz CT molecular complexity index is 418. The smallest absolute Gasteiger partial charge is 0.232 e.